The normalized spacial score (nSPS) is 21.7. The van der Waals surface area contributed by atoms with E-state index in [-0.39, 0.29) is 18.1 Å². The zero-order chi connectivity index (χ0) is 17.9. The van der Waals surface area contributed by atoms with E-state index in [1.54, 1.807) is 11.8 Å². The molecular formula is C21H24N2O2S. The molecule has 0 saturated heterocycles. The summed E-state index contributed by atoms with van der Waals surface area (Å²) >= 11 is 1.78. The third-order valence-corrected chi connectivity index (χ3v) is 6.29. The van der Waals surface area contributed by atoms with Crippen LogP contribution < -0.4 is 10.2 Å². The summed E-state index contributed by atoms with van der Waals surface area (Å²) in [5, 5.41) is 12.7. The molecule has 26 heavy (non-hydrogen) atoms. The summed E-state index contributed by atoms with van der Waals surface area (Å²) in [5.74, 6) is 0.0968. The number of aliphatic hydroxyl groups excluding tert-OH is 1. The van der Waals surface area contributed by atoms with E-state index in [0.29, 0.717) is 13.0 Å². The first-order chi connectivity index (χ1) is 12.7. The summed E-state index contributed by atoms with van der Waals surface area (Å²) in [7, 11) is 0. The Bertz CT molecular complexity index is 742. The topological polar surface area (TPSA) is 52.6 Å². The molecule has 0 bridgehead atoms. The maximum atomic E-state index is 12.5. The van der Waals surface area contributed by atoms with Gasteiger partial charge in [-0.25, -0.2) is 0 Å². The van der Waals surface area contributed by atoms with Gasteiger partial charge in [0.05, 0.1) is 17.5 Å². The summed E-state index contributed by atoms with van der Waals surface area (Å²) in [6, 6.07) is 16.9. The molecule has 0 spiro atoms. The van der Waals surface area contributed by atoms with Gasteiger partial charge < -0.3 is 15.3 Å². The van der Waals surface area contributed by atoms with Crippen molar-refractivity contribution in [3.8, 4) is 0 Å². The van der Waals surface area contributed by atoms with Crippen LogP contribution in [0.3, 0.4) is 0 Å². The molecule has 1 fully saturated rings. The second kappa shape index (κ2) is 7.72. The van der Waals surface area contributed by atoms with Crippen LogP contribution in [0.2, 0.25) is 0 Å². The summed E-state index contributed by atoms with van der Waals surface area (Å²) in [6.07, 6.45) is 3.59. The van der Waals surface area contributed by atoms with Crippen LogP contribution in [0.25, 0.3) is 0 Å². The van der Waals surface area contributed by atoms with E-state index >= 15 is 0 Å². The fourth-order valence-corrected chi connectivity index (χ4v) is 4.85. The van der Waals surface area contributed by atoms with Gasteiger partial charge in [0, 0.05) is 28.8 Å². The van der Waals surface area contributed by atoms with Crippen molar-refractivity contribution in [2.75, 3.05) is 11.4 Å². The van der Waals surface area contributed by atoms with Crippen LogP contribution in [0, 0.1) is 0 Å². The van der Waals surface area contributed by atoms with Crippen LogP contribution in [-0.2, 0) is 4.79 Å². The number of hydrogen-bond acceptors (Lipinski definition) is 4. The first-order valence-electron chi connectivity index (χ1n) is 9.31. The second-order valence-corrected chi connectivity index (χ2v) is 8.10. The number of nitrogens with zero attached hydrogens (tertiary/aromatic N) is 1. The van der Waals surface area contributed by atoms with Crippen molar-refractivity contribution in [2.45, 2.75) is 54.0 Å². The highest BCUT2D eigenvalue weighted by Crippen LogP contribution is 2.47. The van der Waals surface area contributed by atoms with Gasteiger partial charge in [-0.15, -0.1) is 0 Å². The first-order valence-corrected chi connectivity index (χ1v) is 10.1. The molecule has 4 nitrogen and oxygen atoms in total. The summed E-state index contributed by atoms with van der Waals surface area (Å²) < 4.78 is 0. The molecule has 0 unspecified atom stereocenters. The lowest BCUT2D eigenvalue weighted by molar-refractivity contribution is -0.122. The summed E-state index contributed by atoms with van der Waals surface area (Å²) in [6.45, 7) is 0.662. The molecule has 0 aromatic heterocycles. The van der Waals surface area contributed by atoms with Gasteiger partial charge in [-0.2, -0.15) is 0 Å². The molecule has 136 valence electrons. The number of aliphatic hydroxyl groups is 1. The minimum absolute atomic E-state index is 0.0968. The standard InChI is InChI=1S/C21H24N2O2S/c24-16-11-9-15(10-12-16)22-21(25)13-14-23-17-5-1-3-7-19(17)26-20-8-4-2-6-18(20)23/h1-8,15-16,24H,9-14H2,(H,22,25). The Morgan fingerprint density at radius 3 is 2.19 bits per heavy atom. The van der Waals surface area contributed by atoms with Crippen molar-refractivity contribution in [1.29, 1.82) is 0 Å². The Labute approximate surface area is 158 Å². The Hall–Kier alpha value is -1.98. The summed E-state index contributed by atoms with van der Waals surface area (Å²) in [5.41, 5.74) is 2.34. The van der Waals surface area contributed by atoms with Gasteiger partial charge in [-0.1, -0.05) is 36.0 Å². The van der Waals surface area contributed by atoms with E-state index < -0.39 is 0 Å². The molecule has 2 N–H and O–H groups in total. The maximum Gasteiger partial charge on any atom is 0.222 e. The average molecular weight is 369 g/mol. The van der Waals surface area contributed by atoms with E-state index in [1.807, 2.05) is 12.1 Å². The number of carbonyl (C=O) groups excluding carboxylic acids is 1. The lowest BCUT2D eigenvalue weighted by atomic mass is 9.93. The van der Waals surface area contributed by atoms with Gasteiger partial charge in [0.15, 0.2) is 0 Å². The van der Waals surface area contributed by atoms with Crippen molar-refractivity contribution >= 4 is 29.0 Å². The molecule has 0 atom stereocenters. The zero-order valence-corrected chi connectivity index (χ0v) is 15.5. The predicted molar refractivity (Wildman–Crippen MR) is 105 cm³/mol. The van der Waals surface area contributed by atoms with Crippen molar-refractivity contribution in [2.24, 2.45) is 0 Å². The maximum absolute atomic E-state index is 12.5. The molecule has 1 aliphatic carbocycles. The highest BCUT2D eigenvalue weighted by atomic mass is 32.2. The van der Waals surface area contributed by atoms with E-state index in [2.05, 4.69) is 46.6 Å². The number of nitrogens with one attached hydrogen (secondary N) is 1. The number of rotatable bonds is 4. The fraction of sp³-hybridized carbons (Fsp3) is 0.381. The Morgan fingerprint density at radius 2 is 1.58 bits per heavy atom. The van der Waals surface area contributed by atoms with Crippen LogP contribution in [0.15, 0.2) is 58.3 Å². The van der Waals surface area contributed by atoms with Crippen LogP contribution in [0.5, 0.6) is 0 Å². The van der Waals surface area contributed by atoms with E-state index in [4.69, 9.17) is 0 Å². The summed E-state index contributed by atoms with van der Waals surface area (Å²) in [4.78, 5) is 17.2. The molecule has 0 radical (unpaired) electrons. The molecule has 5 heteroatoms. The van der Waals surface area contributed by atoms with Gasteiger partial charge >= 0.3 is 0 Å². The molecule has 2 aromatic carbocycles. The minimum atomic E-state index is -0.193. The highest BCUT2D eigenvalue weighted by molar-refractivity contribution is 7.99. The smallest absolute Gasteiger partial charge is 0.222 e. The lowest BCUT2D eigenvalue weighted by Crippen LogP contribution is -2.39. The van der Waals surface area contributed by atoms with E-state index in [1.165, 1.54) is 21.2 Å². The number of hydrogen-bond donors (Lipinski definition) is 2. The van der Waals surface area contributed by atoms with Crippen LogP contribution in [-0.4, -0.2) is 29.7 Å². The van der Waals surface area contributed by atoms with E-state index in [0.717, 1.165) is 25.7 Å². The molecule has 1 saturated carbocycles. The predicted octanol–water partition coefficient (Wildman–Crippen LogP) is 4.10. The molecule has 1 heterocycles. The molecule has 1 amide bonds. The Kier molecular flexibility index (Phi) is 5.18. The fourth-order valence-electron chi connectivity index (χ4n) is 3.76. The van der Waals surface area contributed by atoms with Crippen LogP contribution in [0.4, 0.5) is 11.4 Å². The number of amides is 1. The van der Waals surface area contributed by atoms with Gasteiger partial charge in [0.1, 0.15) is 0 Å². The largest absolute Gasteiger partial charge is 0.393 e. The first kappa shape index (κ1) is 17.4. The Balaban J connectivity index is 1.44. The van der Waals surface area contributed by atoms with Crippen LogP contribution >= 0.6 is 11.8 Å². The zero-order valence-electron chi connectivity index (χ0n) is 14.7. The average Bonchev–Trinajstić information content (AvgIpc) is 2.67. The number of benzene rings is 2. The number of anilines is 2. The molecule has 1 aliphatic heterocycles. The van der Waals surface area contributed by atoms with Gasteiger partial charge in [0.25, 0.3) is 0 Å². The van der Waals surface area contributed by atoms with Crippen LogP contribution in [0.1, 0.15) is 32.1 Å². The monoisotopic (exact) mass is 368 g/mol. The van der Waals surface area contributed by atoms with Gasteiger partial charge in [-0.05, 0) is 49.9 Å². The van der Waals surface area contributed by atoms with Crippen molar-refractivity contribution in [1.82, 2.24) is 5.32 Å². The van der Waals surface area contributed by atoms with Crippen molar-refractivity contribution in [3.05, 3.63) is 48.5 Å². The second-order valence-electron chi connectivity index (χ2n) is 7.01. The van der Waals surface area contributed by atoms with Crippen molar-refractivity contribution < 1.29 is 9.90 Å². The number of carbonyl (C=O) groups is 1. The molecule has 4 rings (SSSR count). The highest BCUT2D eigenvalue weighted by Gasteiger charge is 2.24. The Morgan fingerprint density at radius 1 is 1.00 bits per heavy atom. The minimum Gasteiger partial charge on any atom is -0.393 e. The number of para-hydroxylation sites is 2. The van der Waals surface area contributed by atoms with Gasteiger partial charge in [0.2, 0.25) is 5.91 Å². The quantitative estimate of drug-likeness (QED) is 0.853. The third kappa shape index (κ3) is 3.74. The molecule has 2 aromatic rings. The SMILES string of the molecule is O=C(CCN1c2ccccc2Sc2ccccc21)NC1CCC(O)CC1. The van der Waals surface area contributed by atoms with Crippen molar-refractivity contribution in [3.63, 3.8) is 0 Å². The molecular weight excluding hydrogens is 344 g/mol. The molecule has 2 aliphatic rings. The van der Waals surface area contributed by atoms with Gasteiger partial charge in [-0.3, -0.25) is 4.79 Å². The lowest BCUT2D eigenvalue weighted by Gasteiger charge is -2.33. The van der Waals surface area contributed by atoms with E-state index in [9.17, 15) is 9.90 Å². The number of fused-ring (bicyclic) bond motifs is 2. The third-order valence-electron chi connectivity index (χ3n) is 5.16.